The minimum atomic E-state index is -0.753. The first-order chi connectivity index (χ1) is 16.4. The molecule has 3 aromatic heterocycles. The lowest BCUT2D eigenvalue weighted by molar-refractivity contribution is 0.168. The molecule has 9 nitrogen and oxygen atoms in total. The summed E-state index contributed by atoms with van der Waals surface area (Å²) in [6, 6.07) is 5.35. The van der Waals surface area contributed by atoms with Crippen LogP contribution in [0.1, 0.15) is 32.3 Å². The maximum absolute atomic E-state index is 14.7. The van der Waals surface area contributed by atoms with E-state index in [4.69, 9.17) is 9.72 Å². The normalized spacial score (nSPS) is 17.9. The summed E-state index contributed by atoms with van der Waals surface area (Å²) in [4.78, 5) is 18.5. The molecule has 0 saturated carbocycles. The van der Waals surface area contributed by atoms with Crippen LogP contribution in [0.15, 0.2) is 36.7 Å². The minimum absolute atomic E-state index is 0.243. The Bertz CT molecular complexity index is 1370. The van der Waals surface area contributed by atoms with E-state index in [1.165, 1.54) is 17.4 Å². The van der Waals surface area contributed by atoms with Crippen molar-refractivity contribution in [3.8, 4) is 10.6 Å². The summed E-state index contributed by atoms with van der Waals surface area (Å²) < 4.78 is 35.1. The van der Waals surface area contributed by atoms with Gasteiger partial charge in [-0.3, -0.25) is 5.32 Å². The Balaban J connectivity index is 1.50. The monoisotopic (exact) mass is 485 g/mol. The lowest BCUT2D eigenvalue weighted by atomic mass is 9.88. The predicted molar refractivity (Wildman–Crippen MR) is 123 cm³/mol. The summed E-state index contributed by atoms with van der Waals surface area (Å²) in [6.07, 6.45) is 4.25. The van der Waals surface area contributed by atoms with Crippen molar-refractivity contribution >= 4 is 34.0 Å². The first-order valence-electron chi connectivity index (χ1n) is 10.7. The van der Waals surface area contributed by atoms with Crippen LogP contribution in [0.2, 0.25) is 0 Å². The summed E-state index contributed by atoms with van der Waals surface area (Å²) in [6.45, 7) is 4.50. The summed E-state index contributed by atoms with van der Waals surface area (Å²) >= 11 is 1.17. The topological polar surface area (TPSA) is 97.5 Å². The number of carbonyl (C=O) groups is 1. The van der Waals surface area contributed by atoms with Gasteiger partial charge in [0.1, 0.15) is 17.5 Å². The average molecular weight is 486 g/mol. The van der Waals surface area contributed by atoms with E-state index in [0.717, 1.165) is 18.6 Å². The molecule has 1 aromatic carbocycles. The molecular weight excluding hydrogens is 464 g/mol. The van der Waals surface area contributed by atoms with E-state index in [0.29, 0.717) is 40.6 Å². The maximum atomic E-state index is 14.7. The van der Waals surface area contributed by atoms with Gasteiger partial charge in [-0.2, -0.15) is 5.10 Å². The highest BCUT2D eigenvalue weighted by atomic mass is 32.1. The molecule has 0 bridgehead atoms. The molecule has 1 N–H and O–H groups in total. The molecular formula is C22H21F2N7O2S. The lowest BCUT2D eigenvalue weighted by Crippen LogP contribution is -2.40. The second-order valence-corrected chi connectivity index (χ2v) is 9.00. The van der Waals surface area contributed by atoms with E-state index >= 15 is 0 Å². The summed E-state index contributed by atoms with van der Waals surface area (Å²) in [7, 11) is 0. The molecule has 4 aromatic rings. The average Bonchev–Trinajstić information content (AvgIpc) is 3.53. The van der Waals surface area contributed by atoms with Crippen molar-refractivity contribution in [3.05, 3.63) is 53.9 Å². The number of ether oxygens (including phenoxy) is 1. The molecule has 0 radical (unpaired) electrons. The van der Waals surface area contributed by atoms with Gasteiger partial charge in [-0.05, 0) is 51.0 Å². The number of hydrogen-bond donors (Lipinski definition) is 1. The highest BCUT2D eigenvalue weighted by Crippen LogP contribution is 2.42. The third-order valence-corrected chi connectivity index (χ3v) is 6.79. The third kappa shape index (κ3) is 3.83. The predicted octanol–water partition coefficient (Wildman–Crippen LogP) is 4.61. The van der Waals surface area contributed by atoms with Gasteiger partial charge in [0.2, 0.25) is 5.13 Å². The number of fused-ring (bicyclic) bond motifs is 1. The van der Waals surface area contributed by atoms with Gasteiger partial charge in [0, 0.05) is 18.3 Å². The molecule has 1 amide bonds. The standard InChI is InChI=1S/C22H21F2N7O2S/c1-3-33-21(32)27-20-29-28-19(34-20)14-12-25-31-10-7-17(26-18(14)31)30-9-4-8-22(30,2)15-11-13(23)5-6-16(15)24/h5-7,10-12H,3-4,8-9H2,1-2H3,(H,27,29,32)/t22-/m1/s1. The van der Waals surface area contributed by atoms with Crippen LogP contribution in [0.3, 0.4) is 0 Å². The number of carbonyl (C=O) groups excluding carboxylic acids is 1. The molecule has 12 heteroatoms. The van der Waals surface area contributed by atoms with Gasteiger partial charge in [-0.25, -0.2) is 23.1 Å². The zero-order chi connectivity index (χ0) is 23.9. The molecule has 0 aliphatic carbocycles. The Morgan fingerprint density at radius 2 is 2.15 bits per heavy atom. The maximum Gasteiger partial charge on any atom is 0.413 e. The zero-order valence-corrected chi connectivity index (χ0v) is 19.3. The van der Waals surface area contributed by atoms with Crippen LogP contribution in [-0.2, 0) is 10.3 Å². The number of amides is 1. The number of benzene rings is 1. The van der Waals surface area contributed by atoms with Crippen LogP contribution in [0.5, 0.6) is 0 Å². The van der Waals surface area contributed by atoms with E-state index in [2.05, 4.69) is 20.6 Å². The first kappa shape index (κ1) is 22.1. The fraction of sp³-hybridized carbons (Fsp3) is 0.318. The van der Waals surface area contributed by atoms with Gasteiger partial charge in [-0.15, -0.1) is 10.2 Å². The summed E-state index contributed by atoms with van der Waals surface area (Å²) in [5.74, 6) is -0.306. The smallest absolute Gasteiger partial charge is 0.413 e. The SMILES string of the molecule is CCOC(=O)Nc1nnc(-c2cnn3ccc(N4CCC[C@]4(C)c4cc(F)ccc4F)nc23)s1. The first-order valence-corrected chi connectivity index (χ1v) is 11.6. The Kier molecular flexibility index (Phi) is 5.60. The molecule has 5 rings (SSSR count). The van der Waals surface area contributed by atoms with Crippen LogP contribution in [0.25, 0.3) is 16.2 Å². The van der Waals surface area contributed by atoms with Crippen molar-refractivity contribution in [1.82, 2.24) is 24.8 Å². The molecule has 1 aliphatic rings. The highest BCUT2D eigenvalue weighted by molar-refractivity contribution is 7.18. The number of aromatic nitrogens is 5. The third-order valence-electron chi connectivity index (χ3n) is 5.92. The number of halogens is 2. The largest absolute Gasteiger partial charge is 0.450 e. The van der Waals surface area contributed by atoms with E-state index < -0.39 is 23.3 Å². The molecule has 176 valence electrons. The van der Waals surface area contributed by atoms with E-state index in [9.17, 15) is 13.6 Å². The molecule has 34 heavy (non-hydrogen) atoms. The van der Waals surface area contributed by atoms with Gasteiger partial charge in [0.25, 0.3) is 0 Å². The summed E-state index contributed by atoms with van der Waals surface area (Å²) in [5.41, 5.74) is 0.718. The van der Waals surface area contributed by atoms with Gasteiger partial charge in [0.15, 0.2) is 10.7 Å². The second kappa shape index (κ2) is 8.60. The molecule has 0 unspecified atom stereocenters. The van der Waals surface area contributed by atoms with Crippen molar-refractivity contribution in [3.63, 3.8) is 0 Å². The van der Waals surface area contributed by atoms with Crippen molar-refractivity contribution in [2.24, 2.45) is 0 Å². The quantitative estimate of drug-likeness (QED) is 0.441. The van der Waals surface area contributed by atoms with Crippen molar-refractivity contribution in [2.45, 2.75) is 32.2 Å². The Labute approximate surface area is 197 Å². The van der Waals surface area contributed by atoms with Gasteiger partial charge < -0.3 is 9.64 Å². The fourth-order valence-corrected chi connectivity index (χ4v) is 5.05. The number of hydrogen-bond acceptors (Lipinski definition) is 8. The van der Waals surface area contributed by atoms with Crippen molar-refractivity contribution < 1.29 is 18.3 Å². The van der Waals surface area contributed by atoms with Gasteiger partial charge >= 0.3 is 6.09 Å². The number of anilines is 2. The van der Waals surface area contributed by atoms with Crippen LogP contribution in [0.4, 0.5) is 24.5 Å². The summed E-state index contributed by atoms with van der Waals surface area (Å²) in [5, 5.41) is 15.8. The lowest BCUT2D eigenvalue weighted by Gasteiger charge is -2.37. The van der Waals surface area contributed by atoms with Gasteiger partial charge in [-0.1, -0.05) is 11.3 Å². The van der Waals surface area contributed by atoms with Crippen LogP contribution < -0.4 is 10.2 Å². The second-order valence-electron chi connectivity index (χ2n) is 8.02. The minimum Gasteiger partial charge on any atom is -0.450 e. The zero-order valence-electron chi connectivity index (χ0n) is 18.5. The fourth-order valence-electron chi connectivity index (χ4n) is 4.32. The van der Waals surface area contributed by atoms with Gasteiger partial charge in [0.05, 0.1) is 23.9 Å². The number of nitrogens with one attached hydrogen (secondary N) is 1. The van der Waals surface area contributed by atoms with E-state index in [-0.39, 0.29) is 11.7 Å². The highest BCUT2D eigenvalue weighted by Gasteiger charge is 2.41. The molecule has 1 aliphatic heterocycles. The Morgan fingerprint density at radius 3 is 2.97 bits per heavy atom. The van der Waals surface area contributed by atoms with Crippen molar-refractivity contribution in [2.75, 3.05) is 23.4 Å². The molecule has 0 spiro atoms. The Hall–Kier alpha value is -3.67. The molecule has 1 atom stereocenters. The molecule has 1 fully saturated rings. The van der Waals surface area contributed by atoms with E-state index in [1.807, 2.05) is 11.8 Å². The van der Waals surface area contributed by atoms with Crippen LogP contribution >= 0.6 is 11.3 Å². The van der Waals surface area contributed by atoms with Crippen LogP contribution in [-0.4, -0.2) is 44.0 Å². The number of nitrogens with zero attached hydrogens (tertiary/aromatic N) is 6. The van der Waals surface area contributed by atoms with Crippen LogP contribution in [0, 0.1) is 11.6 Å². The number of rotatable bonds is 5. The molecule has 1 saturated heterocycles. The van der Waals surface area contributed by atoms with E-state index in [1.54, 1.807) is 29.9 Å². The molecule has 4 heterocycles. The van der Waals surface area contributed by atoms with Crippen molar-refractivity contribution in [1.29, 1.82) is 0 Å². The Morgan fingerprint density at radius 1 is 1.29 bits per heavy atom.